The molecule has 0 unspecified atom stereocenters. The molecule has 0 saturated carbocycles. The highest BCUT2D eigenvalue weighted by Gasteiger charge is 2.12. The highest BCUT2D eigenvalue weighted by molar-refractivity contribution is 7.14. The van der Waals surface area contributed by atoms with Crippen LogP contribution in [-0.4, -0.2) is 20.7 Å². The number of anilines is 1. The Morgan fingerprint density at radius 2 is 1.76 bits per heavy atom. The van der Waals surface area contributed by atoms with Crippen molar-refractivity contribution in [3.05, 3.63) is 87.5 Å². The van der Waals surface area contributed by atoms with Gasteiger partial charge in [0.2, 0.25) is 5.91 Å². The highest BCUT2D eigenvalue weighted by atomic mass is 35.5. The van der Waals surface area contributed by atoms with Gasteiger partial charge in [0.15, 0.2) is 5.13 Å². The normalized spacial score (nSPS) is 10.7. The van der Waals surface area contributed by atoms with Crippen LogP contribution in [0.3, 0.4) is 0 Å². The minimum Gasteiger partial charge on any atom is -0.300 e. The van der Waals surface area contributed by atoms with Crippen LogP contribution in [0.4, 0.5) is 5.13 Å². The molecule has 144 valence electrons. The average molecular weight is 423 g/mol. The molecule has 1 amide bonds. The molecular weight excluding hydrogens is 408 g/mol. The maximum Gasteiger partial charge on any atom is 0.267 e. The predicted molar refractivity (Wildman–Crippen MR) is 115 cm³/mol. The van der Waals surface area contributed by atoms with E-state index in [1.807, 2.05) is 53.9 Å². The van der Waals surface area contributed by atoms with E-state index in [1.54, 1.807) is 12.1 Å². The molecule has 0 aliphatic heterocycles. The van der Waals surface area contributed by atoms with Crippen LogP contribution in [0.25, 0.3) is 22.5 Å². The Morgan fingerprint density at radius 1 is 1.00 bits per heavy atom. The lowest BCUT2D eigenvalue weighted by atomic mass is 10.1. The lowest BCUT2D eigenvalue weighted by Crippen LogP contribution is -2.29. The highest BCUT2D eigenvalue weighted by Crippen LogP contribution is 2.30. The molecule has 1 N–H and O–H groups in total. The summed E-state index contributed by atoms with van der Waals surface area (Å²) in [7, 11) is 0. The summed E-state index contributed by atoms with van der Waals surface area (Å²) < 4.78 is 1.14. The molecule has 0 radical (unpaired) electrons. The van der Waals surface area contributed by atoms with E-state index < -0.39 is 0 Å². The molecule has 0 saturated heterocycles. The third-order valence-electron chi connectivity index (χ3n) is 4.13. The van der Waals surface area contributed by atoms with Crippen LogP contribution in [-0.2, 0) is 11.3 Å². The standard InChI is InChI=1S/C21H15ClN4O2S/c22-16-9-5-4-8-15(16)18-13-29-21(23-18)24-19(27)12-26-20(28)11-10-17(25-26)14-6-2-1-3-7-14/h1-11,13H,12H2,(H,23,24,27). The Morgan fingerprint density at radius 3 is 2.55 bits per heavy atom. The Bertz CT molecular complexity index is 1220. The van der Waals surface area contributed by atoms with E-state index in [4.69, 9.17) is 11.6 Å². The van der Waals surface area contributed by atoms with Crippen molar-refractivity contribution >= 4 is 34.0 Å². The van der Waals surface area contributed by atoms with Crippen LogP contribution in [0.1, 0.15) is 0 Å². The summed E-state index contributed by atoms with van der Waals surface area (Å²) in [6.07, 6.45) is 0. The molecule has 4 aromatic rings. The van der Waals surface area contributed by atoms with Gasteiger partial charge < -0.3 is 5.32 Å². The van der Waals surface area contributed by atoms with Gasteiger partial charge in [0.05, 0.1) is 11.4 Å². The number of thiazole rings is 1. The molecule has 6 nitrogen and oxygen atoms in total. The predicted octanol–water partition coefficient (Wildman–Crippen LogP) is 4.33. The van der Waals surface area contributed by atoms with Crippen molar-refractivity contribution in [2.75, 3.05) is 5.32 Å². The number of carbonyl (C=O) groups excluding carboxylic acids is 1. The molecule has 0 fully saturated rings. The van der Waals surface area contributed by atoms with E-state index in [0.717, 1.165) is 15.8 Å². The van der Waals surface area contributed by atoms with E-state index in [-0.39, 0.29) is 18.0 Å². The van der Waals surface area contributed by atoms with Crippen molar-refractivity contribution in [1.29, 1.82) is 0 Å². The zero-order valence-corrected chi connectivity index (χ0v) is 16.7. The monoisotopic (exact) mass is 422 g/mol. The quantitative estimate of drug-likeness (QED) is 0.519. The molecule has 2 aromatic carbocycles. The number of aromatic nitrogens is 3. The first-order valence-corrected chi connectivity index (χ1v) is 10.00. The summed E-state index contributed by atoms with van der Waals surface area (Å²) in [5, 5.41) is 9.84. The molecule has 0 aliphatic rings. The largest absolute Gasteiger partial charge is 0.300 e. The minimum atomic E-state index is -0.384. The first-order chi connectivity index (χ1) is 14.1. The summed E-state index contributed by atoms with van der Waals surface area (Å²) >= 11 is 7.48. The lowest BCUT2D eigenvalue weighted by Gasteiger charge is -2.07. The average Bonchev–Trinajstić information content (AvgIpc) is 3.18. The van der Waals surface area contributed by atoms with Crippen molar-refractivity contribution in [2.24, 2.45) is 0 Å². The van der Waals surface area contributed by atoms with Gasteiger partial charge in [0.1, 0.15) is 6.54 Å². The Hall–Kier alpha value is -3.29. The van der Waals surface area contributed by atoms with Crippen molar-refractivity contribution in [3.8, 4) is 22.5 Å². The van der Waals surface area contributed by atoms with Crippen molar-refractivity contribution < 1.29 is 4.79 Å². The fourth-order valence-electron chi connectivity index (χ4n) is 2.74. The first-order valence-electron chi connectivity index (χ1n) is 8.74. The van der Waals surface area contributed by atoms with E-state index >= 15 is 0 Å². The molecular formula is C21H15ClN4O2S. The number of amides is 1. The van der Waals surface area contributed by atoms with Gasteiger partial charge in [-0.3, -0.25) is 9.59 Å². The van der Waals surface area contributed by atoms with Gasteiger partial charge in [-0.05, 0) is 12.1 Å². The maximum atomic E-state index is 12.4. The summed E-state index contributed by atoms with van der Waals surface area (Å²) in [6, 6.07) is 19.9. The van der Waals surface area contributed by atoms with Crippen LogP contribution in [0.15, 0.2) is 76.9 Å². The zero-order chi connectivity index (χ0) is 20.2. The Labute approximate surface area is 175 Å². The second-order valence-corrected chi connectivity index (χ2v) is 7.41. The maximum absolute atomic E-state index is 12.4. The SMILES string of the molecule is O=C(Cn1nc(-c2ccccc2)ccc1=O)Nc1nc(-c2ccccc2Cl)cs1. The smallest absolute Gasteiger partial charge is 0.267 e. The van der Waals surface area contributed by atoms with Gasteiger partial charge in [-0.15, -0.1) is 11.3 Å². The number of nitrogens with one attached hydrogen (secondary N) is 1. The molecule has 0 bridgehead atoms. The topological polar surface area (TPSA) is 76.9 Å². The number of halogens is 1. The second-order valence-electron chi connectivity index (χ2n) is 6.15. The zero-order valence-electron chi connectivity index (χ0n) is 15.1. The van der Waals surface area contributed by atoms with Crippen molar-refractivity contribution in [1.82, 2.24) is 14.8 Å². The lowest BCUT2D eigenvalue weighted by molar-refractivity contribution is -0.117. The number of carbonyl (C=O) groups is 1. The number of nitrogens with zero attached hydrogens (tertiary/aromatic N) is 3. The van der Waals surface area contributed by atoms with E-state index in [0.29, 0.717) is 21.5 Å². The number of benzene rings is 2. The molecule has 2 heterocycles. The molecule has 2 aromatic heterocycles. The van der Waals surface area contributed by atoms with Gasteiger partial charge in [-0.2, -0.15) is 5.10 Å². The fourth-order valence-corrected chi connectivity index (χ4v) is 3.70. The fraction of sp³-hybridized carbons (Fsp3) is 0.0476. The van der Waals surface area contributed by atoms with Gasteiger partial charge >= 0.3 is 0 Å². The molecule has 0 atom stereocenters. The third kappa shape index (κ3) is 4.42. The number of rotatable bonds is 5. The minimum absolute atomic E-state index is 0.208. The molecule has 0 aliphatic carbocycles. The molecule has 4 rings (SSSR count). The van der Waals surface area contributed by atoms with Crippen LogP contribution in [0.2, 0.25) is 5.02 Å². The van der Waals surface area contributed by atoms with Gasteiger partial charge in [0.25, 0.3) is 5.56 Å². The Kier molecular flexibility index (Phi) is 5.50. The van der Waals surface area contributed by atoms with E-state index in [9.17, 15) is 9.59 Å². The molecule has 0 spiro atoms. The third-order valence-corrected chi connectivity index (χ3v) is 5.22. The van der Waals surface area contributed by atoms with Crippen LogP contribution < -0.4 is 10.9 Å². The summed E-state index contributed by atoms with van der Waals surface area (Å²) in [6.45, 7) is -0.208. The van der Waals surface area contributed by atoms with Gasteiger partial charge in [0, 0.05) is 27.6 Å². The number of hydrogen-bond donors (Lipinski definition) is 1. The molecule has 29 heavy (non-hydrogen) atoms. The molecule has 8 heteroatoms. The van der Waals surface area contributed by atoms with Crippen LogP contribution >= 0.6 is 22.9 Å². The summed E-state index contributed by atoms with van der Waals surface area (Å²) in [5.41, 5.74) is 2.60. The van der Waals surface area contributed by atoms with Crippen molar-refractivity contribution in [2.45, 2.75) is 6.54 Å². The van der Waals surface area contributed by atoms with Crippen LogP contribution in [0.5, 0.6) is 0 Å². The van der Waals surface area contributed by atoms with Gasteiger partial charge in [-0.25, -0.2) is 9.67 Å². The van der Waals surface area contributed by atoms with Gasteiger partial charge in [-0.1, -0.05) is 60.1 Å². The van der Waals surface area contributed by atoms with Crippen molar-refractivity contribution in [3.63, 3.8) is 0 Å². The Balaban J connectivity index is 1.50. The first kappa shape index (κ1) is 19.0. The van der Waals surface area contributed by atoms with Crippen LogP contribution in [0, 0.1) is 0 Å². The van der Waals surface area contributed by atoms with E-state index in [2.05, 4.69) is 15.4 Å². The summed E-state index contributed by atoms with van der Waals surface area (Å²) in [5.74, 6) is -0.384. The second kappa shape index (κ2) is 8.38. The summed E-state index contributed by atoms with van der Waals surface area (Å²) in [4.78, 5) is 28.9. The van der Waals surface area contributed by atoms with E-state index in [1.165, 1.54) is 17.4 Å². The number of hydrogen-bond acceptors (Lipinski definition) is 5.